The van der Waals surface area contributed by atoms with Crippen LogP contribution >= 0.6 is 0 Å². The maximum atomic E-state index is 14.4. The van der Waals surface area contributed by atoms with E-state index in [4.69, 9.17) is 9.47 Å². The third kappa shape index (κ3) is 3.95. The van der Waals surface area contributed by atoms with Crippen molar-refractivity contribution in [3.8, 4) is 11.8 Å². The van der Waals surface area contributed by atoms with Gasteiger partial charge in [-0.15, -0.1) is 0 Å². The number of rotatable bonds is 6. The minimum atomic E-state index is -1.68. The number of carbonyl (C=O) groups is 3. The van der Waals surface area contributed by atoms with Crippen molar-refractivity contribution in [2.24, 2.45) is 5.41 Å². The van der Waals surface area contributed by atoms with Crippen molar-refractivity contribution in [3.05, 3.63) is 102 Å². The maximum Gasteiger partial charge on any atom is 0.329 e. The number of fused-ring (bicyclic) bond motifs is 3. The van der Waals surface area contributed by atoms with Crippen LogP contribution in [-0.2, 0) is 14.3 Å². The Labute approximate surface area is 220 Å². The molecule has 1 fully saturated rings. The summed E-state index contributed by atoms with van der Waals surface area (Å²) in [5.41, 5.74) is 1.03. The topological polar surface area (TPSA) is 96.7 Å². The zero-order valence-corrected chi connectivity index (χ0v) is 21.0. The summed E-state index contributed by atoms with van der Waals surface area (Å²) in [7, 11) is 0. The molecule has 0 saturated carbocycles. The van der Waals surface area contributed by atoms with Gasteiger partial charge in [0.1, 0.15) is 11.8 Å². The molecule has 5 rings (SSSR count). The van der Waals surface area contributed by atoms with Gasteiger partial charge in [-0.2, -0.15) is 5.26 Å². The lowest BCUT2D eigenvalue weighted by Crippen LogP contribution is -2.47. The van der Waals surface area contributed by atoms with Gasteiger partial charge in [0.2, 0.25) is 0 Å². The van der Waals surface area contributed by atoms with E-state index < -0.39 is 35.4 Å². The van der Waals surface area contributed by atoms with Crippen molar-refractivity contribution in [3.63, 3.8) is 0 Å². The standard InChI is InChI=1S/C31H26N2O5/c1-3-37-30(36)31(19-32)26-18-15-21-9-7-8-12-25(21)33(26)28(27(31)22-10-5-4-6-11-22)29(35)23-13-16-24(17-14-23)38-20(2)34/h4-18,26-28H,3H2,1-2H3/t26-,27-,28+,31-/m1/s1. The Morgan fingerprint density at radius 1 is 0.974 bits per heavy atom. The highest BCUT2D eigenvalue weighted by Crippen LogP contribution is 2.56. The number of esters is 2. The fraction of sp³-hybridized carbons (Fsp3) is 0.226. The highest BCUT2D eigenvalue weighted by atomic mass is 16.5. The molecule has 2 aliphatic heterocycles. The molecule has 4 atom stereocenters. The smallest absolute Gasteiger partial charge is 0.329 e. The minimum Gasteiger partial charge on any atom is -0.465 e. The van der Waals surface area contributed by atoms with E-state index in [-0.39, 0.29) is 12.4 Å². The van der Waals surface area contributed by atoms with Gasteiger partial charge in [-0.1, -0.05) is 60.7 Å². The molecule has 0 aromatic heterocycles. The van der Waals surface area contributed by atoms with Gasteiger partial charge >= 0.3 is 11.9 Å². The van der Waals surface area contributed by atoms with Gasteiger partial charge in [0.05, 0.1) is 18.7 Å². The van der Waals surface area contributed by atoms with Gasteiger partial charge in [0.25, 0.3) is 0 Å². The zero-order chi connectivity index (χ0) is 26.9. The van der Waals surface area contributed by atoms with E-state index in [0.717, 1.165) is 11.3 Å². The molecule has 7 heteroatoms. The highest BCUT2D eigenvalue weighted by Gasteiger charge is 2.67. The first-order valence-electron chi connectivity index (χ1n) is 12.4. The number of nitriles is 1. The molecule has 2 heterocycles. The van der Waals surface area contributed by atoms with Crippen LogP contribution in [0.5, 0.6) is 5.75 Å². The van der Waals surface area contributed by atoms with E-state index in [9.17, 15) is 19.6 Å². The van der Waals surface area contributed by atoms with E-state index >= 15 is 0 Å². The molecular weight excluding hydrogens is 480 g/mol. The van der Waals surface area contributed by atoms with Crippen LogP contribution in [0.4, 0.5) is 5.69 Å². The van der Waals surface area contributed by atoms with Crippen molar-refractivity contribution in [2.75, 3.05) is 11.5 Å². The van der Waals surface area contributed by atoms with Crippen molar-refractivity contribution in [2.45, 2.75) is 31.8 Å². The molecule has 2 aliphatic rings. The summed E-state index contributed by atoms with van der Waals surface area (Å²) in [6.45, 7) is 3.11. The van der Waals surface area contributed by atoms with Crippen LogP contribution in [0.3, 0.4) is 0 Å². The summed E-state index contributed by atoms with van der Waals surface area (Å²) < 4.78 is 10.6. The summed E-state index contributed by atoms with van der Waals surface area (Å²) in [5, 5.41) is 10.8. The number of Topliss-reactive ketones (excluding diaryl/α,β-unsaturated/α-hetero) is 1. The number of ether oxygens (including phenoxy) is 2. The van der Waals surface area contributed by atoms with Gasteiger partial charge in [-0.25, -0.2) is 0 Å². The Balaban J connectivity index is 1.73. The number of para-hydroxylation sites is 1. The molecule has 0 unspecified atom stereocenters. The largest absolute Gasteiger partial charge is 0.465 e. The molecule has 0 aliphatic carbocycles. The number of nitrogens with zero attached hydrogens (tertiary/aromatic N) is 2. The second-order valence-corrected chi connectivity index (χ2v) is 9.29. The van der Waals surface area contributed by atoms with Crippen LogP contribution < -0.4 is 9.64 Å². The van der Waals surface area contributed by atoms with Crippen LogP contribution in [0.15, 0.2) is 84.9 Å². The molecule has 0 spiro atoms. The third-order valence-electron chi connectivity index (χ3n) is 7.17. The average molecular weight is 507 g/mol. The lowest BCUT2D eigenvalue weighted by atomic mass is 9.68. The quantitative estimate of drug-likeness (QED) is 0.266. The van der Waals surface area contributed by atoms with Crippen molar-refractivity contribution < 1.29 is 23.9 Å². The van der Waals surface area contributed by atoms with Gasteiger partial charge in [-0.3, -0.25) is 14.4 Å². The Hall–Kier alpha value is -4.70. The molecule has 0 radical (unpaired) electrons. The number of carbonyl (C=O) groups excluding carboxylic acids is 3. The van der Waals surface area contributed by atoms with Crippen LogP contribution in [0.2, 0.25) is 0 Å². The van der Waals surface area contributed by atoms with Crippen molar-refractivity contribution in [1.82, 2.24) is 0 Å². The van der Waals surface area contributed by atoms with Crippen molar-refractivity contribution >= 4 is 29.5 Å². The fourth-order valence-electron chi connectivity index (χ4n) is 5.68. The molecule has 7 nitrogen and oxygen atoms in total. The van der Waals surface area contributed by atoms with Crippen molar-refractivity contribution in [1.29, 1.82) is 5.26 Å². The molecule has 3 aromatic carbocycles. The SMILES string of the molecule is CCOC(=O)[C@@]1(C#N)[C@H](c2ccccc2)[C@@H](C(=O)c2ccc(OC(C)=O)cc2)N2c3ccccc3C=C[C@@H]21. The van der Waals surface area contributed by atoms with E-state index in [1.165, 1.54) is 6.92 Å². The average Bonchev–Trinajstić information content (AvgIpc) is 3.25. The van der Waals surface area contributed by atoms with Gasteiger partial charge in [0, 0.05) is 24.1 Å². The second-order valence-electron chi connectivity index (χ2n) is 9.29. The summed E-state index contributed by atoms with van der Waals surface area (Å²) in [4.78, 5) is 41.4. The van der Waals surface area contributed by atoms with Crippen LogP contribution in [-0.4, -0.2) is 36.4 Å². The Morgan fingerprint density at radius 2 is 1.66 bits per heavy atom. The van der Waals surface area contributed by atoms with E-state index in [2.05, 4.69) is 6.07 Å². The first-order chi connectivity index (χ1) is 18.4. The lowest BCUT2D eigenvalue weighted by Gasteiger charge is -2.36. The number of ketones is 1. The first kappa shape index (κ1) is 25.0. The monoisotopic (exact) mass is 506 g/mol. The molecule has 0 bridgehead atoms. The van der Waals surface area contributed by atoms with Crippen LogP contribution in [0.1, 0.15) is 41.3 Å². The highest BCUT2D eigenvalue weighted by molar-refractivity contribution is 6.06. The fourth-order valence-corrected chi connectivity index (χ4v) is 5.68. The summed E-state index contributed by atoms with van der Waals surface area (Å²) in [6, 6.07) is 23.8. The van der Waals surface area contributed by atoms with Gasteiger partial charge < -0.3 is 14.4 Å². The van der Waals surface area contributed by atoms with Crippen LogP contribution in [0.25, 0.3) is 6.08 Å². The molecule has 190 valence electrons. The lowest BCUT2D eigenvalue weighted by molar-refractivity contribution is -0.152. The number of hydrogen-bond acceptors (Lipinski definition) is 7. The number of hydrogen-bond donors (Lipinski definition) is 0. The Morgan fingerprint density at radius 3 is 2.32 bits per heavy atom. The number of benzene rings is 3. The molecule has 3 aromatic rings. The second kappa shape index (κ2) is 9.98. The summed E-state index contributed by atoms with van der Waals surface area (Å²) in [6.07, 6.45) is 3.72. The molecule has 1 saturated heterocycles. The molecule has 38 heavy (non-hydrogen) atoms. The number of anilines is 1. The molecule has 0 N–H and O–H groups in total. The Bertz CT molecular complexity index is 1460. The maximum absolute atomic E-state index is 14.4. The third-order valence-corrected chi connectivity index (χ3v) is 7.17. The van der Waals surface area contributed by atoms with Crippen LogP contribution in [0, 0.1) is 16.7 Å². The molecule has 0 amide bonds. The van der Waals surface area contributed by atoms with E-state index in [1.807, 2.05) is 71.6 Å². The Kier molecular flexibility index (Phi) is 6.56. The predicted molar refractivity (Wildman–Crippen MR) is 141 cm³/mol. The summed E-state index contributed by atoms with van der Waals surface area (Å²) >= 11 is 0. The normalized spacial score (nSPS) is 23.1. The minimum absolute atomic E-state index is 0.104. The van der Waals surface area contributed by atoms with E-state index in [1.54, 1.807) is 31.2 Å². The first-order valence-corrected chi connectivity index (χ1v) is 12.4. The molecular formula is C31H26N2O5. The predicted octanol–water partition coefficient (Wildman–Crippen LogP) is 4.94. The zero-order valence-electron chi connectivity index (χ0n) is 21.0. The van der Waals surface area contributed by atoms with Gasteiger partial charge in [-0.05, 0) is 48.4 Å². The van der Waals surface area contributed by atoms with E-state index in [0.29, 0.717) is 16.9 Å². The van der Waals surface area contributed by atoms with Gasteiger partial charge in [0.15, 0.2) is 11.2 Å². The summed E-state index contributed by atoms with van der Waals surface area (Å²) in [5.74, 6) is -1.88.